The van der Waals surface area contributed by atoms with E-state index in [4.69, 9.17) is 5.73 Å². The Bertz CT molecular complexity index is 936. The van der Waals surface area contributed by atoms with Gasteiger partial charge in [0.2, 0.25) is 5.95 Å². The zero-order valence-corrected chi connectivity index (χ0v) is 13.8. The van der Waals surface area contributed by atoms with Crippen molar-refractivity contribution in [3.05, 3.63) is 42.2 Å². The van der Waals surface area contributed by atoms with Crippen LogP contribution in [0.2, 0.25) is 0 Å². The lowest BCUT2D eigenvalue weighted by molar-refractivity contribution is -0.141. The second kappa shape index (κ2) is 6.15. The molecule has 0 aliphatic carbocycles. The van der Waals surface area contributed by atoms with E-state index < -0.39 is 11.9 Å². The van der Waals surface area contributed by atoms with Crippen LogP contribution < -0.4 is 10.6 Å². The first-order valence-corrected chi connectivity index (χ1v) is 8.31. The third-order valence-corrected chi connectivity index (χ3v) is 4.57. The highest BCUT2D eigenvalue weighted by Crippen LogP contribution is 2.30. The van der Waals surface area contributed by atoms with Crippen molar-refractivity contribution in [2.75, 3.05) is 23.7 Å². The Hall–Kier alpha value is -2.84. The van der Waals surface area contributed by atoms with Crippen LogP contribution >= 0.6 is 0 Å². The maximum absolute atomic E-state index is 12.8. The Labute approximate surface area is 147 Å². The van der Waals surface area contributed by atoms with E-state index in [-0.39, 0.29) is 6.04 Å². The van der Waals surface area contributed by atoms with Crippen molar-refractivity contribution in [2.24, 2.45) is 0 Å². The van der Waals surface area contributed by atoms with E-state index in [9.17, 15) is 13.2 Å². The Morgan fingerprint density at radius 2 is 1.92 bits per heavy atom. The summed E-state index contributed by atoms with van der Waals surface area (Å²) in [5, 5.41) is 4.48. The highest BCUT2D eigenvalue weighted by molar-refractivity contribution is 5.88. The molecule has 2 N–H and O–H groups in total. The second-order valence-electron chi connectivity index (χ2n) is 6.35. The average molecular weight is 362 g/mol. The first-order chi connectivity index (χ1) is 12.4. The lowest BCUT2D eigenvalue weighted by atomic mass is 10.1. The molecule has 0 amide bonds. The van der Waals surface area contributed by atoms with Crippen LogP contribution in [0.4, 0.5) is 24.9 Å². The molecule has 3 aromatic rings. The molecular weight excluding hydrogens is 345 g/mol. The highest BCUT2D eigenvalue weighted by atomic mass is 19.4. The number of fused-ring (bicyclic) bond motifs is 1. The van der Waals surface area contributed by atoms with E-state index in [2.05, 4.69) is 15.1 Å². The van der Waals surface area contributed by atoms with Crippen LogP contribution in [0.15, 0.2) is 36.5 Å². The summed E-state index contributed by atoms with van der Waals surface area (Å²) < 4.78 is 39.7. The van der Waals surface area contributed by atoms with Crippen LogP contribution in [0.3, 0.4) is 0 Å². The van der Waals surface area contributed by atoms with Crippen LogP contribution in [-0.2, 0) is 6.18 Å². The van der Waals surface area contributed by atoms with Crippen molar-refractivity contribution in [3.63, 3.8) is 0 Å². The van der Waals surface area contributed by atoms with Gasteiger partial charge >= 0.3 is 6.18 Å². The maximum Gasteiger partial charge on any atom is 0.435 e. The number of nitrogen functional groups attached to an aromatic ring is 1. The molecule has 9 heteroatoms. The van der Waals surface area contributed by atoms with E-state index in [1.54, 1.807) is 0 Å². The van der Waals surface area contributed by atoms with Crippen LogP contribution in [0.25, 0.3) is 10.9 Å². The third kappa shape index (κ3) is 3.04. The Kier molecular flexibility index (Phi) is 3.93. The number of alkyl halides is 3. The normalized spacial score (nSPS) is 18.4. The van der Waals surface area contributed by atoms with Gasteiger partial charge in [-0.1, -0.05) is 12.1 Å². The zero-order chi connectivity index (χ0) is 18.3. The van der Waals surface area contributed by atoms with Crippen molar-refractivity contribution in [1.82, 2.24) is 19.7 Å². The van der Waals surface area contributed by atoms with Crippen molar-refractivity contribution in [3.8, 4) is 0 Å². The predicted molar refractivity (Wildman–Crippen MR) is 91.7 cm³/mol. The van der Waals surface area contributed by atoms with Gasteiger partial charge in [-0.05, 0) is 31.0 Å². The molecule has 0 spiro atoms. The monoisotopic (exact) mass is 362 g/mol. The number of hydrogen-bond donors (Lipinski definition) is 1. The summed E-state index contributed by atoms with van der Waals surface area (Å²) in [5.74, 6) is 0.889. The summed E-state index contributed by atoms with van der Waals surface area (Å²) >= 11 is 0. The minimum absolute atomic E-state index is 0.170. The highest BCUT2D eigenvalue weighted by Gasteiger charge is 2.34. The summed E-state index contributed by atoms with van der Waals surface area (Å²) in [4.78, 5) is 10.9. The lowest BCUT2D eigenvalue weighted by Gasteiger charge is -2.33. The number of benzene rings is 1. The molecular formula is C17H17F3N6. The molecule has 1 aliphatic heterocycles. The maximum atomic E-state index is 12.8. The molecule has 1 fully saturated rings. The largest absolute Gasteiger partial charge is 0.435 e. The Morgan fingerprint density at radius 1 is 1.12 bits per heavy atom. The fourth-order valence-electron chi connectivity index (χ4n) is 3.27. The van der Waals surface area contributed by atoms with E-state index in [0.29, 0.717) is 18.3 Å². The van der Waals surface area contributed by atoms with Gasteiger partial charge in [-0.25, -0.2) is 4.98 Å². The van der Waals surface area contributed by atoms with Gasteiger partial charge in [-0.3, -0.25) is 4.68 Å². The number of aromatic nitrogens is 4. The van der Waals surface area contributed by atoms with Gasteiger partial charge < -0.3 is 10.6 Å². The molecule has 136 valence electrons. The smallest absolute Gasteiger partial charge is 0.383 e. The molecule has 1 atom stereocenters. The molecule has 1 aliphatic rings. The van der Waals surface area contributed by atoms with Crippen LogP contribution in [-0.4, -0.2) is 32.8 Å². The molecule has 0 bridgehead atoms. The molecule has 0 radical (unpaired) electrons. The minimum atomic E-state index is -4.44. The number of piperidine rings is 1. The van der Waals surface area contributed by atoms with Crippen molar-refractivity contribution in [2.45, 2.75) is 25.1 Å². The fourth-order valence-corrected chi connectivity index (χ4v) is 3.27. The SMILES string of the molecule is Nc1nc(N2CCCC(n3ccc(C(F)(F)F)n3)C2)nc2ccccc12. The predicted octanol–water partition coefficient (Wildman–Crippen LogP) is 3.27. The Balaban J connectivity index is 1.60. The summed E-state index contributed by atoms with van der Waals surface area (Å²) in [6, 6.07) is 8.30. The molecule has 3 heterocycles. The first-order valence-electron chi connectivity index (χ1n) is 8.31. The molecule has 6 nitrogen and oxygen atoms in total. The fraction of sp³-hybridized carbons (Fsp3) is 0.353. The average Bonchev–Trinajstić information content (AvgIpc) is 3.12. The molecule has 0 saturated carbocycles. The van der Waals surface area contributed by atoms with Gasteiger partial charge in [0.15, 0.2) is 5.69 Å². The van der Waals surface area contributed by atoms with Gasteiger partial charge in [0.05, 0.1) is 11.6 Å². The van der Waals surface area contributed by atoms with Crippen molar-refractivity contribution in [1.29, 1.82) is 0 Å². The van der Waals surface area contributed by atoms with Crippen molar-refractivity contribution >= 4 is 22.7 Å². The van der Waals surface area contributed by atoms with E-state index in [0.717, 1.165) is 36.4 Å². The summed E-state index contributed by atoms with van der Waals surface area (Å²) in [5.41, 5.74) is 5.91. The molecule has 2 aromatic heterocycles. The van der Waals surface area contributed by atoms with E-state index in [1.807, 2.05) is 29.2 Å². The van der Waals surface area contributed by atoms with Gasteiger partial charge in [0, 0.05) is 24.7 Å². The summed E-state index contributed by atoms with van der Waals surface area (Å²) in [7, 11) is 0. The van der Waals surface area contributed by atoms with Crippen molar-refractivity contribution < 1.29 is 13.2 Å². The number of para-hydroxylation sites is 1. The number of nitrogens with two attached hydrogens (primary N) is 1. The van der Waals surface area contributed by atoms with Crippen LogP contribution in [0.5, 0.6) is 0 Å². The van der Waals surface area contributed by atoms with Gasteiger partial charge in [0.25, 0.3) is 0 Å². The second-order valence-corrected chi connectivity index (χ2v) is 6.35. The third-order valence-electron chi connectivity index (χ3n) is 4.57. The molecule has 1 saturated heterocycles. The molecule has 26 heavy (non-hydrogen) atoms. The first kappa shape index (κ1) is 16.6. The summed E-state index contributed by atoms with van der Waals surface area (Å²) in [6.45, 7) is 1.21. The molecule has 1 unspecified atom stereocenters. The van der Waals surface area contributed by atoms with Crippen LogP contribution in [0, 0.1) is 0 Å². The minimum Gasteiger partial charge on any atom is -0.383 e. The number of halogens is 3. The topological polar surface area (TPSA) is 72.9 Å². The molecule has 1 aromatic carbocycles. The molecule has 4 rings (SSSR count). The van der Waals surface area contributed by atoms with E-state index >= 15 is 0 Å². The number of anilines is 2. The number of rotatable bonds is 2. The number of nitrogens with zero attached hydrogens (tertiary/aromatic N) is 5. The van der Waals surface area contributed by atoms with Gasteiger partial charge in [0.1, 0.15) is 5.82 Å². The van der Waals surface area contributed by atoms with Gasteiger partial charge in [-0.15, -0.1) is 0 Å². The zero-order valence-electron chi connectivity index (χ0n) is 13.8. The quantitative estimate of drug-likeness (QED) is 0.757. The van der Waals surface area contributed by atoms with Crippen LogP contribution in [0.1, 0.15) is 24.6 Å². The standard InChI is InChI=1S/C17H17F3N6/c18-17(19,20)14-7-9-26(24-14)11-4-3-8-25(10-11)16-22-13-6-2-1-5-12(13)15(21)23-16/h1-2,5-7,9,11H,3-4,8,10H2,(H2,21,22,23). The summed E-state index contributed by atoms with van der Waals surface area (Å²) in [6.07, 6.45) is -1.50. The Morgan fingerprint density at radius 3 is 2.69 bits per heavy atom. The number of hydrogen-bond acceptors (Lipinski definition) is 5. The lowest BCUT2D eigenvalue weighted by Crippen LogP contribution is -2.38. The van der Waals surface area contributed by atoms with Gasteiger partial charge in [-0.2, -0.15) is 23.3 Å². The van der Waals surface area contributed by atoms with E-state index in [1.165, 1.54) is 10.9 Å².